The maximum absolute atomic E-state index is 13.3. The third-order valence-corrected chi connectivity index (χ3v) is 5.04. The first-order valence-corrected chi connectivity index (χ1v) is 9.45. The second-order valence-corrected chi connectivity index (χ2v) is 7.39. The molecule has 3 rings (SSSR count). The number of halogens is 1. The van der Waals surface area contributed by atoms with E-state index in [-0.39, 0.29) is 30.8 Å². The van der Waals surface area contributed by atoms with Gasteiger partial charge in [0.15, 0.2) is 6.61 Å². The number of nitrogens with zero attached hydrogens (tertiary/aromatic N) is 1. The van der Waals surface area contributed by atoms with E-state index in [0.29, 0.717) is 30.8 Å². The molecule has 0 aliphatic carbocycles. The number of para-hydroxylation sites is 1. The van der Waals surface area contributed by atoms with Crippen molar-refractivity contribution < 1.29 is 18.7 Å². The van der Waals surface area contributed by atoms with Gasteiger partial charge in [0.25, 0.3) is 5.91 Å². The summed E-state index contributed by atoms with van der Waals surface area (Å²) in [6.45, 7) is 3.04. The first-order valence-electron chi connectivity index (χ1n) is 9.45. The van der Waals surface area contributed by atoms with Crippen LogP contribution in [0.25, 0.3) is 0 Å². The van der Waals surface area contributed by atoms with E-state index < -0.39 is 5.41 Å². The van der Waals surface area contributed by atoms with Crippen molar-refractivity contribution in [1.82, 2.24) is 10.2 Å². The Morgan fingerprint density at radius 3 is 2.71 bits per heavy atom. The highest BCUT2D eigenvalue weighted by atomic mass is 19.1. The Balaban J connectivity index is 1.54. The van der Waals surface area contributed by atoms with Gasteiger partial charge in [0, 0.05) is 19.6 Å². The summed E-state index contributed by atoms with van der Waals surface area (Å²) in [4.78, 5) is 27.0. The number of carbonyl (C=O) groups is 2. The number of likely N-dealkylation sites (tertiary alicyclic amines) is 1. The molecule has 1 atom stereocenters. The Kier molecular flexibility index (Phi) is 6.29. The second kappa shape index (κ2) is 8.87. The van der Waals surface area contributed by atoms with Crippen molar-refractivity contribution in [1.29, 1.82) is 0 Å². The molecule has 0 aromatic heterocycles. The Morgan fingerprint density at radius 1 is 1.18 bits per heavy atom. The molecule has 28 heavy (non-hydrogen) atoms. The fourth-order valence-corrected chi connectivity index (χ4v) is 3.43. The van der Waals surface area contributed by atoms with Crippen LogP contribution in [0.1, 0.15) is 25.3 Å². The molecule has 6 heteroatoms. The van der Waals surface area contributed by atoms with Crippen molar-refractivity contribution in [3.8, 4) is 5.75 Å². The zero-order valence-electron chi connectivity index (χ0n) is 16.0. The fourth-order valence-electron chi connectivity index (χ4n) is 3.43. The number of amides is 2. The number of ether oxygens (including phenoxy) is 1. The number of carbonyl (C=O) groups excluding carboxylic acids is 2. The minimum Gasteiger partial charge on any atom is -0.484 e. The average molecular weight is 384 g/mol. The van der Waals surface area contributed by atoms with Gasteiger partial charge in [0.1, 0.15) is 11.6 Å². The van der Waals surface area contributed by atoms with Gasteiger partial charge in [-0.15, -0.1) is 0 Å². The van der Waals surface area contributed by atoms with Crippen molar-refractivity contribution in [2.75, 3.05) is 19.7 Å². The quantitative estimate of drug-likeness (QED) is 0.832. The lowest BCUT2D eigenvalue weighted by atomic mass is 9.81. The highest BCUT2D eigenvalue weighted by molar-refractivity contribution is 5.84. The monoisotopic (exact) mass is 384 g/mol. The van der Waals surface area contributed by atoms with Gasteiger partial charge in [-0.3, -0.25) is 9.59 Å². The van der Waals surface area contributed by atoms with E-state index in [1.807, 2.05) is 25.1 Å². The molecule has 0 saturated carbocycles. The minimum atomic E-state index is -0.673. The molecular weight excluding hydrogens is 359 g/mol. The number of hydrogen-bond donors (Lipinski definition) is 1. The van der Waals surface area contributed by atoms with Gasteiger partial charge >= 0.3 is 0 Å². The summed E-state index contributed by atoms with van der Waals surface area (Å²) in [5.41, 5.74) is 0.0329. The van der Waals surface area contributed by atoms with E-state index in [1.54, 1.807) is 29.2 Å². The van der Waals surface area contributed by atoms with Crippen LogP contribution in [0.3, 0.4) is 0 Å². The first-order chi connectivity index (χ1) is 13.5. The lowest BCUT2D eigenvalue weighted by Gasteiger charge is -2.39. The summed E-state index contributed by atoms with van der Waals surface area (Å²) >= 11 is 0. The third kappa shape index (κ3) is 5.09. The zero-order chi connectivity index (χ0) is 20.0. The predicted octanol–water partition coefficient (Wildman–Crippen LogP) is 3.15. The van der Waals surface area contributed by atoms with Gasteiger partial charge in [0.05, 0.1) is 5.41 Å². The summed E-state index contributed by atoms with van der Waals surface area (Å²) in [5, 5.41) is 2.88. The van der Waals surface area contributed by atoms with E-state index >= 15 is 0 Å². The molecule has 0 radical (unpaired) electrons. The van der Waals surface area contributed by atoms with Gasteiger partial charge in [-0.25, -0.2) is 4.39 Å². The minimum absolute atomic E-state index is 0.0506. The first kappa shape index (κ1) is 19.9. The molecule has 0 spiro atoms. The second-order valence-electron chi connectivity index (χ2n) is 7.39. The summed E-state index contributed by atoms with van der Waals surface area (Å²) in [5.74, 6) is 0.0558. The number of hydrogen-bond acceptors (Lipinski definition) is 3. The van der Waals surface area contributed by atoms with Gasteiger partial charge in [-0.05, 0) is 49.6 Å². The molecule has 1 aliphatic rings. The van der Waals surface area contributed by atoms with Crippen LogP contribution in [0.4, 0.5) is 4.39 Å². The van der Waals surface area contributed by atoms with Gasteiger partial charge in [-0.1, -0.05) is 30.3 Å². The van der Waals surface area contributed by atoms with Crippen molar-refractivity contribution in [3.63, 3.8) is 0 Å². The standard InChI is InChI=1S/C22H25FN2O3/c1-22(21(27)24-14-17-7-5-8-18(23)13-17)11-6-12-25(16-22)20(26)15-28-19-9-3-2-4-10-19/h2-5,7-10,13H,6,11-12,14-16H2,1H3,(H,24,27). The number of rotatable bonds is 6. The summed E-state index contributed by atoms with van der Waals surface area (Å²) in [6, 6.07) is 15.3. The molecule has 1 unspecified atom stereocenters. The molecule has 0 bridgehead atoms. The average Bonchev–Trinajstić information content (AvgIpc) is 2.71. The highest BCUT2D eigenvalue weighted by Crippen LogP contribution is 2.30. The van der Waals surface area contributed by atoms with Gasteiger partial charge in [0.2, 0.25) is 5.91 Å². The van der Waals surface area contributed by atoms with E-state index in [9.17, 15) is 14.0 Å². The third-order valence-electron chi connectivity index (χ3n) is 5.04. The lowest BCUT2D eigenvalue weighted by molar-refractivity contribution is -0.142. The van der Waals surface area contributed by atoms with Crippen LogP contribution in [0.15, 0.2) is 54.6 Å². The van der Waals surface area contributed by atoms with Crippen molar-refractivity contribution in [2.24, 2.45) is 5.41 Å². The summed E-state index contributed by atoms with van der Waals surface area (Å²) in [7, 11) is 0. The van der Waals surface area contributed by atoms with Crippen LogP contribution in [-0.4, -0.2) is 36.4 Å². The predicted molar refractivity (Wildman–Crippen MR) is 104 cm³/mol. The van der Waals surface area contributed by atoms with Crippen LogP contribution in [0.2, 0.25) is 0 Å². The SMILES string of the molecule is CC1(C(=O)NCc2cccc(F)c2)CCCN(C(=O)COc2ccccc2)C1. The maximum atomic E-state index is 13.3. The molecule has 1 fully saturated rings. The maximum Gasteiger partial charge on any atom is 0.260 e. The van der Waals surface area contributed by atoms with Crippen LogP contribution < -0.4 is 10.1 Å². The van der Waals surface area contributed by atoms with E-state index in [2.05, 4.69) is 5.32 Å². The number of nitrogens with one attached hydrogen (secondary N) is 1. The molecule has 1 N–H and O–H groups in total. The molecule has 2 aromatic rings. The molecule has 5 nitrogen and oxygen atoms in total. The van der Waals surface area contributed by atoms with Crippen LogP contribution in [-0.2, 0) is 16.1 Å². The van der Waals surface area contributed by atoms with E-state index in [1.165, 1.54) is 12.1 Å². The van der Waals surface area contributed by atoms with Gasteiger partial charge in [-0.2, -0.15) is 0 Å². The molecule has 2 amide bonds. The Labute approximate surface area is 164 Å². The molecule has 1 heterocycles. The molecule has 1 aliphatic heterocycles. The lowest BCUT2D eigenvalue weighted by Crippen LogP contribution is -2.52. The van der Waals surface area contributed by atoms with Crippen LogP contribution >= 0.6 is 0 Å². The Morgan fingerprint density at radius 2 is 1.96 bits per heavy atom. The summed E-state index contributed by atoms with van der Waals surface area (Å²) < 4.78 is 18.8. The largest absolute Gasteiger partial charge is 0.484 e. The molecule has 1 saturated heterocycles. The molecular formula is C22H25FN2O3. The smallest absolute Gasteiger partial charge is 0.260 e. The Hall–Kier alpha value is -2.89. The normalized spacial score (nSPS) is 19.1. The molecule has 148 valence electrons. The van der Waals surface area contributed by atoms with Crippen LogP contribution in [0.5, 0.6) is 5.75 Å². The fraction of sp³-hybridized carbons (Fsp3) is 0.364. The number of piperidine rings is 1. The topological polar surface area (TPSA) is 58.6 Å². The van der Waals surface area contributed by atoms with E-state index in [4.69, 9.17) is 4.74 Å². The van der Waals surface area contributed by atoms with Crippen molar-refractivity contribution in [3.05, 3.63) is 66.0 Å². The van der Waals surface area contributed by atoms with Crippen molar-refractivity contribution in [2.45, 2.75) is 26.3 Å². The van der Waals surface area contributed by atoms with E-state index in [0.717, 1.165) is 6.42 Å². The van der Waals surface area contributed by atoms with Crippen molar-refractivity contribution >= 4 is 11.8 Å². The van der Waals surface area contributed by atoms with Crippen LogP contribution in [0, 0.1) is 11.2 Å². The highest BCUT2D eigenvalue weighted by Gasteiger charge is 2.39. The molecule has 2 aromatic carbocycles. The zero-order valence-corrected chi connectivity index (χ0v) is 16.0. The Bertz CT molecular complexity index is 828. The summed E-state index contributed by atoms with van der Waals surface area (Å²) in [6.07, 6.45) is 1.45. The number of benzene rings is 2. The van der Waals surface area contributed by atoms with Gasteiger partial charge < -0.3 is 15.0 Å².